The standard InChI is InChI=1S/C12H21N3O2S/c16-11(15-5-7-17-8-6-15)10-9-18-12(14-10)1-3-13-4-2-12/h10,13-14H,1-9H2/t10-/m0/s1. The molecule has 1 amide bonds. The van der Waals surface area contributed by atoms with E-state index >= 15 is 0 Å². The number of carbonyl (C=O) groups excluding carboxylic acids is 1. The molecule has 3 saturated heterocycles. The van der Waals surface area contributed by atoms with Gasteiger partial charge in [0.05, 0.1) is 24.1 Å². The number of carbonyl (C=O) groups is 1. The first-order chi connectivity index (χ1) is 8.79. The minimum atomic E-state index is 0.00574. The van der Waals surface area contributed by atoms with Crippen LogP contribution in [0.25, 0.3) is 0 Å². The van der Waals surface area contributed by atoms with Crippen LogP contribution in [0, 0.1) is 0 Å². The highest BCUT2D eigenvalue weighted by atomic mass is 32.2. The molecule has 0 bridgehead atoms. The molecule has 3 aliphatic heterocycles. The average molecular weight is 271 g/mol. The lowest BCUT2D eigenvalue weighted by atomic mass is 10.0. The second kappa shape index (κ2) is 5.36. The van der Waals surface area contributed by atoms with Gasteiger partial charge in [0.25, 0.3) is 0 Å². The van der Waals surface area contributed by atoms with E-state index in [4.69, 9.17) is 4.74 Å². The molecule has 0 saturated carbocycles. The van der Waals surface area contributed by atoms with Crippen LogP contribution in [0.4, 0.5) is 0 Å². The van der Waals surface area contributed by atoms with Crippen molar-refractivity contribution in [3.8, 4) is 0 Å². The van der Waals surface area contributed by atoms with E-state index in [-0.39, 0.29) is 16.8 Å². The molecular formula is C12H21N3O2S. The molecule has 6 heteroatoms. The zero-order valence-corrected chi connectivity index (χ0v) is 11.4. The molecule has 3 heterocycles. The van der Waals surface area contributed by atoms with Gasteiger partial charge in [-0.1, -0.05) is 0 Å². The Kier molecular flexibility index (Phi) is 3.79. The van der Waals surface area contributed by atoms with Gasteiger partial charge >= 0.3 is 0 Å². The van der Waals surface area contributed by atoms with Gasteiger partial charge < -0.3 is 15.0 Å². The highest BCUT2D eigenvalue weighted by Gasteiger charge is 2.43. The van der Waals surface area contributed by atoms with Crippen molar-refractivity contribution >= 4 is 17.7 Å². The van der Waals surface area contributed by atoms with Crippen LogP contribution in [-0.4, -0.2) is 66.9 Å². The third kappa shape index (κ3) is 2.52. The Hall–Kier alpha value is -0.300. The van der Waals surface area contributed by atoms with Crippen LogP contribution in [0.2, 0.25) is 0 Å². The van der Waals surface area contributed by atoms with E-state index in [1.165, 1.54) is 0 Å². The van der Waals surface area contributed by atoms with Gasteiger partial charge in [-0.3, -0.25) is 10.1 Å². The topological polar surface area (TPSA) is 53.6 Å². The molecule has 0 radical (unpaired) electrons. The molecule has 3 fully saturated rings. The molecule has 102 valence electrons. The van der Waals surface area contributed by atoms with Gasteiger partial charge in [-0.05, 0) is 25.9 Å². The molecule has 2 N–H and O–H groups in total. The van der Waals surface area contributed by atoms with Crippen LogP contribution in [0.3, 0.4) is 0 Å². The maximum absolute atomic E-state index is 12.4. The SMILES string of the molecule is O=C([C@@H]1CSC2(CCNCC2)N1)N1CCOCC1. The number of ether oxygens (including phenoxy) is 1. The van der Waals surface area contributed by atoms with Crippen molar-refractivity contribution in [2.75, 3.05) is 45.1 Å². The number of thioether (sulfide) groups is 1. The van der Waals surface area contributed by atoms with Crippen molar-refractivity contribution in [2.24, 2.45) is 0 Å². The first-order valence-corrected chi connectivity index (χ1v) is 7.77. The van der Waals surface area contributed by atoms with Crippen LogP contribution in [0.1, 0.15) is 12.8 Å². The normalized spacial score (nSPS) is 31.8. The Labute approximate surface area is 112 Å². The summed E-state index contributed by atoms with van der Waals surface area (Å²) in [6.07, 6.45) is 2.23. The summed E-state index contributed by atoms with van der Waals surface area (Å²) in [4.78, 5) is 14.5. The molecule has 0 unspecified atom stereocenters. The maximum atomic E-state index is 12.4. The van der Waals surface area contributed by atoms with E-state index in [9.17, 15) is 4.79 Å². The number of rotatable bonds is 1. The molecule has 0 aromatic heterocycles. The quantitative estimate of drug-likeness (QED) is 0.681. The highest BCUT2D eigenvalue weighted by molar-refractivity contribution is 8.01. The number of morpholine rings is 1. The molecule has 0 aromatic rings. The van der Waals surface area contributed by atoms with Crippen LogP contribution in [0.5, 0.6) is 0 Å². The van der Waals surface area contributed by atoms with Crippen molar-refractivity contribution in [3.63, 3.8) is 0 Å². The summed E-state index contributed by atoms with van der Waals surface area (Å²) in [7, 11) is 0. The third-order valence-corrected chi connectivity index (χ3v) is 5.57. The van der Waals surface area contributed by atoms with Crippen LogP contribution < -0.4 is 10.6 Å². The number of hydrogen-bond donors (Lipinski definition) is 2. The van der Waals surface area contributed by atoms with E-state index in [1.807, 2.05) is 16.7 Å². The fourth-order valence-electron chi connectivity index (χ4n) is 2.90. The van der Waals surface area contributed by atoms with Gasteiger partial charge in [-0.15, -0.1) is 11.8 Å². The van der Waals surface area contributed by atoms with Crippen molar-refractivity contribution in [1.29, 1.82) is 0 Å². The number of amides is 1. The Balaban J connectivity index is 1.59. The summed E-state index contributed by atoms with van der Waals surface area (Å²) in [5, 5.41) is 6.97. The zero-order valence-electron chi connectivity index (χ0n) is 10.6. The predicted molar refractivity (Wildman–Crippen MR) is 71.6 cm³/mol. The summed E-state index contributed by atoms with van der Waals surface area (Å²) < 4.78 is 5.29. The van der Waals surface area contributed by atoms with Crippen LogP contribution >= 0.6 is 11.8 Å². The lowest BCUT2D eigenvalue weighted by Gasteiger charge is -2.34. The van der Waals surface area contributed by atoms with E-state index in [1.54, 1.807) is 0 Å². The van der Waals surface area contributed by atoms with E-state index in [0.29, 0.717) is 13.2 Å². The molecule has 1 atom stereocenters. The van der Waals surface area contributed by atoms with Crippen LogP contribution in [0.15, 0.2) is 0 Å². The Bertz CT molecular complexity index is 314. The second-order valence-electron chi connectivity index (χ2n) is 5.19. The van der Waals surface area contributed by atoms with Gasteiger partial charge in [-0.2, -0.15) is 0 Å². The summed E-state index contributed by atoms with van der Waals surface area (Å²) in [5.74, 6) is 1.18. The van der Waals surface area contributed by atoms with E-state index in [2.05, 4.69) is 10.6 Å². The van der Waals surface area contributed by atoms with E-state index < -0.39 is 0 Å². The average Bonchev–Trinajstić information content (AvgIpc) is 2.83. The molecule has 3 aliphatic rings. The molecule has 18 heavy (non-hydrogen) atoms. The smallest absolute Gasteiger partial charge is 0.240 e. The monoisotopic (exact) mass is 271 g/mol. The minimum absolute atomic E-state index is 0.00574. The lowest BCUT2D eigenvalue weighted by Crippen LogP contribution is -2.55. The Morgan fingerprint density at radius 1 is 1.28 bits per heavy atom. The number of nitrogens with zero attached hydrogens (tertiary/aromatic N) is 1. The molecule has 0 aliphatic carbocycles. The first-order valence-electron chi connectivity index (χ1n) is 6.78. The summed E-state index contributed by atoms with van der Waals surface area (Å²) >= 11 is 1.94. The fraction of sp³-hybridized carbons (Fsp3) is 0.917. The minimum Gasteiger partial charge on any atom is -0.378 e. The summed E-state index contributed by atoms with van der Waals surface area (Å²) in [5.41, 5.74) is 0. The van der Waals surface area contributed by atoms with E-state index in [0.717, 1.165) is 44.8 Å². The number of piperidine rings is 1. The third-order valence-electron chi connectivity index (χ3n) is 4.00. The number of nitrogens with one attached hydrogen (secondary N) is 2. The van der Waals surface area contributed by atoms with Gasteiger partial charge in [0.15, 0.2) is 0 Å². The summed E-state index contributed by atoms with van der Waals surface area (Å²) in [6, 6.07) is 0.00574. The lowest BCUT2D eigenvalue weighted by molar-refractivity contribution is -0.137. The predicted octanol–water partition coefficient (Wildman–Crippen LogP) is -0.370. The highest BCUT2D eigenvalue weighted by Crippen LogP contribution is 2.37. The van der Waals surface area contributed by atoms with Crippen molar-refractivity contribution in [2.45, 2.75) is 23.8 Å². The summed E-state index contributed by atoms with van der Waals surface area (Å²) in [6.45, 7) is 4.96. The second-order valence-corrected chi connectivity index (χ2v) is 6.59. The van der Waals surface area contributed by atoms with Gasteiger partial charge in [0.2, 0.25) is 5.91 Å². The molecule has 1 spiro atoms. The molecule has 0 aromatic carbocycles. The van der Waals surface area contributed by atoms with Crippen molar-refractivity contribution in [1.82, 2.24) is 15.5 Å². The molecule has 5 nitrogen and oxygen atoms in total. The number of hydrogen-bond acceptors (Lipinski definition) is 5. The fourth-order valence-corrected chi connectivity index (χ4v) is 4.33. The van der Waals surface area contributed by atoms with Gasteiger partial charge in [0, 0.05) is 18.8 Å². The Morgan fingerprint density at radius 2 is 2.00 bits per heavy atom. The van der Waals surface area contributed by atoms with Crippen molar-refractivity contribution < 1.29 is 9.53 Å². The van der Waals surface area contributed by atoms with Gasteiger partial charge in [-0.25, -0.2) is 0 Å². The van der Waals surface area contributed by atoms with Gasteiger partial charge in [0.1, 0.15) is 0 Å². The maximum Gasteiger partial charge on any atom is 0.240 e. The first kappa shape index (κ1) is 12.7. The molecular weight excluding hydrogens is 250 g/mol. The largest absolute Gasteiger partial charge is 0.378 e. The molecule has 3 rings (SSSR count). The van der Waals surface area contributed by atoms with Crippen molar-refractivity contribution in [3.05, 3.63) is 0 Å². The van der Waals surface area contributed by atoms with Crippen LogP contribution in [-0.2, 0) is 9.53 Å². The zero-order chi connectivity index (χ0) is 12.4. The Morgan fingerprint density at radius 3 is 2.72 bits per heavy atom.